The van der Waals surface area contributed by atoms with Crippen molar-refractivity contribution in [3.63, 3.8) is 0 Å². The molecule has 0 spiro atoms. The Morgan fingerprint density at radius 3 is 2.70 bits per heavy atom. The summed E-state index contributed by atoms with van der Waals surface area (Å²) in [6, 6.07) is 12.1. The van der Waals surface area contributed by atoms with Crippen LogP contribution in [0, 0.1) is 20.6 Å². The van der Waals surface area contributed by atoms with E-state index in [9.17, 15) is 14.9 Å². The first-order chi connectivity index (χ1) is 12.9. The number of nitrogens with zero attached hydrogens (tertiary/aromatic N) is 2. The Kier molecular flexibility index (Phi) is 5.84. The average molecular weight is 477 g/mol. The van der Waals surface area contributed by atoms with Gasteiger partial charge >= 0.3 is 0 Å². The Morgan fingerprint density at radius 1 is 1.26 bits per heavy atom. The molecule has 1 aromatic heterocycles. The Bertz CT molecular complexity index is 983. The molecule has 1 N–H and O–H groups in total. The Balaban J connectivity index is 1.60. The van der Waals surface area contributed by atoms with Crippen LogP contribution >= 0.6 is 22.6 Å². The second-order valence-corrected chi connectivity index (χ2v) is 7.10. The number of hydrogen-bond donors (Lipinski definition) is 1. The fourth-order valence-corrected chi connectivity index (χ4v) is 3.03. The van der Waals surface area contributed by atoms with Crippen LogP contribution in [0.1, 0.15) is 21.6 Å². The van der Waals surface area contributed by atoms with E-state index in [4.69, 9.17) is 4.42 Å². The monoisotopic (exact) mass is 477 g/mol. The van der Waals surface area contributed by atoms with Gasteiger partial charge in [-0.1, -0.05) is 17.7 Å². The molecule has 0 aliphatic rings. The van der Waals surface area contributed by atoms with Gasteiger partial charge in [0.1, 0.15) is 6.26 Å². The fraction of sp³-hybridized carbons (Fsp3) is 0.158. The molecular weight excluding hydrogens is 461 g/mol. The van der Waals surface area contributed by atoms with Gasteiger partial charge in [0.15, 0.2) is 0 Å². The van der Waals surface area contributed by atoms with Crippen LogP contribution in [-0.4, -0.2) is 22.4 Å². The minimum Gasteiger partial charge on any atom is -0.444 e. The molecule has 7 nitrogen and oxygen atoms in total. The molecule has 8 heteroatoms. The van der Waals surface area contributed by atoms with E-state index in [0.29, 0.717) is 22.4 Å². The lowest BCUT2D eigenvalue weighted by atomic mass is 10.1. The first-order valence-electron chi connectivity index (χ1n) is 8.17. The number of non-ortho nitro benzene ring substituents is 1. The van der Waals surface area contributed by atoms with E-state index in [0.717, 1.165) is 16.8 Å². The summed E-state index contributed by atoms with van der Waals surface area (Å²) >= 11 is 1.98. The number of benzene rings is 2. The van der Waals surface area contributed by atoms with E-state index in [1.807, 2.05) is 53.8 Å². The number of carbonyl (C=O) groups is 1. The zero-order valence-electron chi connectivity index (χ0n) is 14.4. The van der Waals surface area contributed by atoms with Crippen molar-refractivity contribution >= 4 is 34.2 Å². The zero-order valence-corrected chi connectivity index (χ0v) is 16.6. The topological polar surface area (TPSA) is 98.3 Å². The number of amides is 1. The molecule has 0 fully saturated rings. The summed E-state index contributed by atoms with van der Waals surface area (Å²) in [6.07, 6.45) is 2.06. The van der Waals surface area contributed by atoms with Crippen LogP contribution in [0.5, 0.6) is 0 Å². The third-order valence-electron chi connectivity index (χ3n) is 3.92. The van der Waals surface area contributed by atoms with Gasteiger partial charge < -0.3 is 9.73 Å². The fourth-order valence-electron chi connectivity index (χ4n) is 2.45. The van der Waals surface area contributed by atoms with Crippen molar-refractivity contribution in [1.82, 2.24) is 10.3 Å². The lowest BCUT2D eigenvalue weighted by molar-refractivity contribution is -0.384. The number of rotatable bonds is 6. The van der Waals surface area contributed by atoms with Crippen LogP contribution in [0.15, 0.2) is 53.1 Å². The highest BCUT2D eigenvalue weighted by Gasteiger charge is 2.15. The number of halogens is 1. The molecule has 0 radical (unpaired) electrons. The van der Waals surface area contributed by atoms with Gasteiger partial charge in [-0.2, -0.15) is 0 Å². The van der Waals surface area contributed by atoms with Gasteiger partial charge in [0.2, 0.25) is 5.89 Å². The zero-order chi connectivity index (χ0) is 19.4. The van der Waals surface area contributed by atoms with E-state index in [2.05, 4.69) is 10.3 Å². The smallest absolute Gasteiger partial charge is 0.270 e. The van der Waals surface area contributed by atoms with Gasteiger partial charge in [-0.15, -0.1) is 0 Å². The number of aryl methyl sites for hydroxylation is 1. The van der Waals surface area contributed by atoms with Gasteiger partial charge in [0, 0.05) is 34.2 Å². The molecule has 1 amide bonds. The molecule has 3 aromatic rings. The molecule has 0 bridgehead atoms. The summed E-state index contributed by atoms with van der Waals surface area (Å²) in [5, 5.41) is 13.6. The number of nitro groups is 1. The minimum atomic E-state index is -0.519. The van der Waals surface area contributed by atoms with Crippen LogP contribution < -0.4 is 5.32 Å². The minimum absolute atomic E-state index is 0.111. The molecule has 0 saturated carbocycles. The van der Waals surface area contributed by atoms with Crippen molar-refractivity contribution in [2.24, 2.45) is 0 Å². The van der Waals surface area contributed by atoms with Crippen molar-refractivity contribution in [1.29, 1.82) is 0 Å². The maximum absolute atomic E-state index is 12.3. The molecule has 0 saturated heterocycles. The molecule has 1 heterocycles. The quantitative estimate of drug-likeness (QED) is 0.327. The second kappa shape index (κ2) is 8.30. The van der Waals surface area contributed by atoms with E-state index in [-0.39, 0.29) is 17.2 Å². The number of aromatic nitrogens is 1. The molecule has 27 heavy (non-hydrogen) atoms. The average Bonchev–Trinajstić information content (AvgIpc) is 3.11. The summed E-state index contributed by atoms with van der Waals surface area (Å²) in [5.74, 6) is 0.176. The molecule has 0 unspecified atom stereocenters. The van der Waals surface area contributed by atoms with E-state index >= 15 is 0 Å². The largest absolute Gasteiger partial charge is 0.444 e. The van der Waals surface area contributed by atoms with E-state index in [1.165, 1.54) is 12.1 Å². The maximum atomic E-state index is 12.3. The summed E-state index contributed by atoms with van der Waals surface area (Å²) < 4.78 is 6.15. The van der Waals surface area contributed by atoms with Crippen molar-refractivity contribution < 1.29 is 14.1 Å². The van der Waals surface area contributed by atoms with Gasteiger partial charge in [0.05, 0.1) is 16.2 Å². The van der Waals surface area contributed by atoms with Crippen LogP contribution in [0.3, 0.4) is 0 Å². The van der Waals surface area contributed by atoms with Crippen LogP contribution in [0.2, 0.25) is 0 Å². The first-order valence-corrected chi connectivity index (χ1v) is 9.25. The van der Waals surface area contributed by atoms with E-state index in [1.54, 1.807) is 12.3 Å². The first kappa shape index (κ1) is 19.0. The molecule has 0 aliphatic heterocycles. The highest BCUT2D eigenvalue weighted by Crippen LogP contribution is 2.20. The van der Waals surface area contributed by atoms with Crippen LogP contribution in [0.25, 0.3) is 11.5 Å². The number of nitrogens with one attached hydrogen (secondary N) is 1. The lowest BCUT2D eigenvalue weighted by Crippen LogP contribution is -2.26. The molecule has 3 rings (SSSR count). The predicted octanol–water partition coefficient (Wildman–Crippen LogP) is 4.14. The summed E-state index contributed by atoms with van der Waals surface area (Å²) in [6.45, 7) is 2.35. The highest BCUT2D eigenvalue weighted by atomic mass is 127. The standard InChI is InChI=1S/C19H16IN3O4/c1-12-2-4-13(5-3-12)19-22-14(11-27-19)8-9-21-18(24)16-10-15(23(25)26)6-7-17(16)20/h2-7,10-11H,8-9H2,1H3,(H,21,24). The Labute approximate surface area is 169 Å². The summed E-state index contributed by atoms with van der Waals surface area (Å²) in [5.41, 5.74) is 2.94. The SMILES string of the molecule is Cc1ccc(-c2nc(CCNC(=O)c3cc([N+](=O)[O-])ccc3I)co2)cc1. The number of oxazole rings is 1. The third-order valence-corrected chi connectivity index (χ3v) is 4.86. The Morgan fingerprint density at radius 2 is 2.00 bits per heavy atom. The van der Waals surface area contributed by atoms with Crippen molar-refractivity contribution in [2.75, 3.05) is 6.54 Å². The number of hydrogen-bond acceptors (Lipinski definition) is 5. The molecule has 2 aromatic carbocycles. The summed E-state index contributed by atoms with van der Waals surface area (Å²) in [7, 11) is 0. The molecule has 0 atom stereocenters. The normalized spacial score (nSPS) is 10.6. The van der Waals surface area contributed by atoms with Gasteiger partial charge in [-0.25, -0.2) is 4.98 Å². The van der Waals surface area contributed by atoms with Gasteiger partial charge in [-0.05, 0) is 47.7 Å². The van der Waals surface area contributed by atoms with Crippen molar-refractivity contribution in [2.45, 2.75) is 13.3 Å². The molecule has 138 valence electrons. The van der Waals surface area contributed by atoms with Crippen molar-refractivity contribution in [3.8, 4) is 11.5 Å². The highest BCUT2D eigenvalue weighted by molar-refractivity contribution is 14.1. The van der Waals surface area contributed by atoms with Crippen molar-refractivity contribution in [3.05, 3.63) is 79.2 Å². The lowest BCUT2D eigenvalue weighted by Gasteiger charge is -2.06. The summed E-state index contributed by atoms with van der Waals surface area (Å²) in [4.78, 5) is 27.1. The van der Waals surface area contributed by atoms with Gasteiger partial charge in [0.25, 0.3) is 11.6 Å². The molecular formula is C19H16IN3O4. The van der Waals surface area contributed by atoms with E-state index < -0.39 is 4.92 Å². The Hall–Kier alpha value is -2.75. The van der Waals surface area contributed by atoms with Gasteiger partial charge in [-0.3, -0.25) is 14.9 Å². The number of carbonyl (C=O) groups excluding carboxylic acids is 1. The predicted molar refractivity (Wildman–Crippen MR) is 109 cm³/mol. The van der Waals surface area contributed by atoms with Crippen LogP contribution in [0.4, 0.5) is 5.69 Å². The maximum Gasteiger partial charge on any atom is 0.270 e. The second-order valence-electron chi connectivity index (χ2n) is 5.94. The molecule has 0 aliphatic carbocycles. The van der Waals surface area contributed by atoms with Crippen LogP contribution in [-0.2, 0) is 6.42 Å². The number of nitro benzene ring substituents is 1. The third kappa shape index (κ3) is 4.70.